The van der Waals surface area contributed by atoms with Gasteiger partial charge in [-0.05, 0) is 47.1 Å². The molecule has 4 heterocycles. The van der Waals surface area contributed by atoms with Gasteiger partial charge in [0.15, 0.2) is 11.8 Å². The first-order valence-corrected chi connectivity index (χ1v) is 20.9. The second-order valence-electron chi connectivity index (χ2n) is 12.9. The standard InChI is InChI=1S/C32H40ClN5O5SSi/c1-44(2,34)37-23-12-10-21(11-13-23)20-6-8-22(9-7-20)28-24(33)16-25-31(36-28)38(19-40-14-15-45(3,4)5)32(35-25)43-27-18-42-29-26(39)17-41-30(27)29/h6-13,16,26-27,29-30,37,39H,1-2,14-15,17-19,34H2,3-5H3. The molecule has 4 atom stereocenters. The van der Waals surface area contributed by atoms with E-state index >= 15 is 0 Å². The van der Waals surface area contributed by atoms with Gasteiger partial charge in [0, 0.05) is 25.9 Å². The van der Waals surface area contributed by atoms with E-state index in [0.717, 1.165) is 28.4 Å². The van der Waals surface area contributed by atoms with Crippen LogP contribution in [-0.4, -0.2) is 83.7 Å². The van der Waals surface area contributed by atoms with Gasteiger partial charge >= 0.3 is 6.01 Å². The SMILES string of the molecule is C=S(=C)(N)Nc1ccc(-c2ccc(-c3nc4c(cc3Cl)nc(OC3COC5C(O)COC35)n4COCC[Si](C)(C)C)cc2)cc1. The number of fused-ring (bicyclic) bond motifs is 2. The lowest BCUT2D eigenvalue weighted by Gasteiger charge is -2.19. The van der Waals surface area contributed by atoms with Gasteiger partial charge in [0.25, 0.3) is 0 Å². The van der Waals surface area contributed by atoms with Crippen molar-refractivity contribution in [3.63, 3.8) is 0 Å². The number of rotatable bonds is 11. The minimum atomic E-state index is -1.85. The van der Waals surface area contributed by atoms with Crippen molar-refractivity contribution < 1.29 is 24.1 Å². The summed E-state index contributed by atoms with van der Waals surface area (Å²) >= 11 is 6.79. The fourth-order valence-electron chi connectivity index (χ4n) is 5.41. The summed E-state index contributed by atoms with van der Waals surface area (Å²) in [7, 11) is -3.13. The molecular weight excluding hydrogens is 630 g/mol. The Balaban J connectivity index is 1.28. The Morgan fingerprint density at radius 2 is 1.67 bits per heavy atom. The van der Waals surface area contributed by atoms with Gasteiger partial charge in [-0.1, -0.05) is 77.2 Å². The number of anilines is 1. The molecule has 2 aromatic heterocycles. The molecule has 0 radical (unpaired) electrons. The van der Waals surface area contributed by atoms with Gasteiger partial charge in [0.2, 0.25) is 0 Å². The maximum Gasteiger partial charge on any atom is 0.301 e. The van der Waals surface area contributed by atoms with E-state index in [1.54, 1.807) is 6.07 Å². The summed E-state index contributed by atoms with van der Waals surface area (Å²) in [6.45, 7) is 8.30. The van der Waals surface area contributed by atoms with E-state index in [1.807, 2.05) is 53.1 Å². The van der Waals surface area contributed by atoms with E-state index in [1.165, 1.54) is 0 Å². The van der Waals surface area contributed by atoms with Crippen molar-refractivity contribution in [2.24, 2.45) is 5.14 Å². The number of hydrogen-bond donors (Lipinski definition) is 3. The number of nitrogens with zero attached hydrogens (tertiary/aromatic N) is 3. The Kier molecular flexibility index (Phi) is 9.03. The molecule has 4 unspecified atom stereocenters. The lowest BCUT2D eigenvalue weighted by molar-refractivity contribution is 0.00336. The Labute approximate surface area is 270 Å². The molecule has 45 heavy (non-hydrogen) atoms. The Morgan fingerprint density at radius 3 is 2.33 bits per heavy atom. The van der Waals surface area contributed by atoms with Crippen molar-refractivity contribution in [2.45, 2.75) is 56.8 Å². The molecule has 6 rings (SSSR count). The second kappa shape index (κ2) is 12.7. The molecule has 2 fully saturated rings. The molecule has 4 aromatic rings. The molecule has 2 aromatic carbocycles. The summed E-state index contributed by atoms with van der Waals surface area (Å²) in [5.41, 5.74) is 5.66. The summed E-state index contributed by atoms with van der Waals surface area (Å²) in [5, 5.41) is 16.6. The number of pyridine rings is 1. The topological polar surface area (TPSA) is 126 Å². The van der Waals surface area contributed by atoms with Gasteiger partial charge in [-0.25, -0.2) is 4.98 Å². The van der Waals surface area contributed by atoms with E-state index in [0.29, 0.717) is 34.5 Å². The highest BCUT2D eigenvalue weighted by Gasteiger charge is 2.49. The van der Waals surface area contributed by atoms with E-state index in [2.05, 4.69) is 36.1 Å². The van der Waals surface area contributed by atoms with Crippen LogP contribution in [0.2, 0.25) is 30.7 Å². The van der Waals surface area contributed by atoms with Gasteiger partial charge in [-0.2, -0.15) is 4.98 Å². The van der Waals surface area contributed by atoms with Crippen LogP contribution in [0.3, 0.4) is 0 Å². The molecule has 0 amide bonds. The number of ether oxygens (including phenoxy) is 4. The van der Waals surface area contributed by atoms with Gasteiger partial charge in [0.1, 0.15) is 30.6 Å². The first-order chi connectivity index (χ1) is 21.3. The van der Waals surface area contributed by atoms with Crippen LogP contribution in [0.25, 0.3) is 33.5 Å². The molecule has 0 spiro atoms. The van der Waals surface area contributed by atoms with Crippen LogP contribution >= 0.6 is 21.2 Å². The summed E-state index contributed by atoms with van der Waals surface area (Å²) in [4.78, 5) is 9.72. The Bertz CT molecular complexity index is 1780. The normalized spacial score (nSPS) is 21.7. The highest BCUT2D eigenvalue weighted by Crippen LogP contribution is 2.35. The fraction of sp³-hybridized carbons (Fsp3) is 0.375. The number of hydrogen-bond acceptors (Lipinski definition) is 9. The average Bonchev–Trinajstić information content (AvgIpc) is 3.65. The molecule has 0 saturated carbocycles. The van der Waals surface area contributed by atoms with E-state index in [-0.39, 0.29) is 26.0 Å². The molecule has 0 bridgehead atoms. The third-order valence-corrected chi connectivity index (χ3v) is 10.4. The summed E-state index contributed by atoms with van der Waals surface area (Å²) in [6.07, 6.45) is -1.88. The zero-order chi connectivity index (χ0) is 31.9. The molecule has 10 nitrogen and oxygen atoms in total. The van der Waals surface area contributed by atoms with Crippen LogP contribution < -0.4 is 14.6 Å². The van der Waals surface area contributed by atoms with Crippen LogP contribution in [0.4, 0.5) is 5.69 Å². The van der Waals surface area contributed by atoms with Crippen molar-refractivity contribution in [3.05, 3.63) is 59.6 Å². The summed E-state index contributed by atoms with van der Waals surface area (Å²) < 4.78 is 29.0. The number of aliphatic hydroxyl groups excluding tert-OH is 1. The molecule has 2 aliphatic rings. The van der Waals surface area contributed by atoms with Crippen molar-refractivity contribution in [2.75, 3.05) is 24.5 Å². The number of imidazole rings is 1. The smallest absolute Gasteiger partial charge is 0.301 e. The van der Waals surface area contributed by atoms with Crippen LogP contribution in [0, 0.1) is 0 Å². The highest BCUT2D eigenvalue weighted by molar-refractivity contribution is 8.26. The predicted molar refractivity (Wildman–Crippen MR) is 187 cm³/mol. The first kappa shape index (κ1) is 32.0. The van der Waals surface area contributed by atoms with Crippen LogP contribution in [0.15, 0.2) is 54.6 Å². The van der Waals surface area contributed by atoms with Crippen molar-refractivity contribution in [1.29, 1.82) is 0 Å². The maximum atomic E-state index is 10.2. The molecule has 13 heteroatoms. The zero-order valence-corrected chi connectivity index (χ0v) is 28.3. The lowest BCUT2D eigenvalue weighted by Crippen LogP contribution is -2.35. The lowest BCUT2D eigenvalue weighted by atomic mass is 10.0. The van der Waals surface area contributed by atoms with Gasteiger partial charge in [-0.15, -0.1) is 0 Å². The molecule has 0 aliphatic carbocycles. The van der Waals surface area contributed by atoms with Crippen LogP contribution in [0.5, 0.6) is 6.01 Å². The first-order valence-electron chi connectivity index (χ1n) is 14.8. The number of halogens is 1. The monoisotopic (exact) mass is 669 g/mol. The molecule has 2 saturated heterocycles. The van der Waals surface area contributed by atoms with E-state index in [4.69, 9.17) is 45.7 Å². The number of benzene rings is 2. The van der Waals surface area contributed by atoms with E-state index in [9.17, 15) is 5.11 Å². The molecular formula is C32H40ClN5O5SSi. The van der Waals surface area contributed by atoms with E-state index < -0.39 is 36.0 Å². The highest BCUT2D eigenvalue weighted by atomic mass is 35.5. The van der Waals surface area contributed by atoms with Crippen molar-refractivity contribution in [3.8, 4) is 28.4 Å². The summed E-state index contributed by atoms with van der Waals surface area (Å²) in [5.74, 6) is 7.73. The second-order valence-corrected chi connectivity index (χ2v) is 21.0. The molecule has 240 valence electrons. The average molecular weight is 670 g/mol. The van der Waals surface area contributed by atoms with Crippen molar-refractivity contribution in [1.82, 2.24) is 14.5 Å². The van der Waals surface area contributed by atoms with Gasteiger partial charge in [0.05, 0.1) is 23.9 Å². The zero-order valence-electron chi connectivity index (χ0n) is 25.7. The maximum absolute atomic E-state index is 10.2. The third kappa shape index (κ3) is 7.39. The number of aliphatic hydroxyl groups is 1. The van der Waals surface area contributed by atoms with Crippen LogP contribution in [-0.2, 0) is 20.9 Å². The minimum Gasteiger partial charge on any atom is -0.456 e. The van der Waals surface area contributed by atoms with Gasteiger partial charge in [-0.3, -0.25) is 9.71 Å². The number of nitrogens with one attached hydrogen (secondary N) is 1. The molecule has 2 aliphatic heterocycles. The Hall–Kier alpha value is -2.94. The summed E-state index contributed by atoms with van der Waals surface area (Å²) in [6, 6.07) is 19.2. The van der Waals surface area contributed by atoms with Crippen LogP contribution in [0.1, 0.15) is 0 Å². The predicted octanol–water partition coefficient (Wildman–Crippen LogP) is 5.51. The minimum absolute atomic E-state index is 0.217. The van der Waals surface area contributed by atoms with Crippen molar-refractivity contribution >= 4 is 57.8 Å². The van der Waals surface area contributed by atoms with Gasteiger partial charge < -0.3 is 28.8 Å². The fourth-order valence-corrected chi connectivity index (χ4v) is 7.03. The number of aromatic nitrogens is 3. The molecule has 4 N–H and O–H groups in total. The Morgan fingerprint density at radius 1 is 1.02 bits per heavy atom. The number of nitrogens with two attached hydrogens (primary N) is 1. The largest absolute Gasteiger partial charge is 0.456 e. The quantitative estimate of drug-likeness (QED) is 0.108. The third-order valence-electron chi connectivity index (χ3n) is 7.79.